The molecule has 1 aliphatic rings. The highest BCUT2D eigenvalue weighted by Gasteiger charge is 2.37. The van der Waals surface area contributed by atoms with Crippen LogP contribution in [0, 0.1) is 16.0 Å². The molecule has 2 aromatic rings. The maximum Gasteiger partial charge on any atom is 0.338 e. The summed E-state index contributed by atoms with van der Waals surface area (Å²) in [6.45, 7) is 7.53. The first-order valence-corrected chi connectivity index (χ1v) is 9.73. The number of nitro groups is 1. The Balaban J connectivity index is 1.90. The van der Waals surface area contributed by atoms with E-state index in [0.29, 0.717) is 17.0 Å². The fraction of sp³-hybridized carbons (Fsp3) is 0.364. The molecule has 2 aromatic carbocycles. The fourth-order valence-corrected chi connectivity index (χ4v) is 3.19. The first kappa shape index (κ1) is 21.3. The number of amides is 1. The lowest BCUT2D eigenvalue weighted by Gasteiger charge is -2.36. The standard InChI is InChI=1S/C22H24N2O6/c1-13(2)20-21(25)23(18-10-9-17(24(27)28)11-19(18)30-20)12-15-5-7-16(8-6-15)22(26)29-14(3)4/h5-11,13-14,20H,12H2,1-4H3. The number of nitrogens with zero attached hydrogens (tertiary/aromatic N) is 2. The number of carbonyl (C=O) groups excluding carboxylic acids is 2. The van der Waals surface area contributed by atoms with Crippen molar-refractivity contribution in [3.8, 4) is 5.75 Å². The molecule has 0 aliphatic carbocycles. The summed E-state index contributed by atoms with van der Waals surface area (Å²) in [4.78, 5) is 37.3. The van der Waals surface area contributed by atoms with Gasteiger partial charge in [-0.1, -0.05) is 26.0 Å². The molecule has 1 amide bonds. The zero-order chi connectivity index (χ0) is 22.0. The van der Waals surface area contributed by atoms with Gasteiger partial charge in [0.05, 0.1) is 34.9 Å². The van der Waals surface area contributed by atoms with Gasteiger partial charge in [0.25, 0.3) is 11.6 Å². The van der Waals surface area contributed by atoms with Crippen LogP contribution in [-0.2, 0) is 16.1 Å². The van der Waals surface area contributed by atoms with Crippen molar-refractivity contribution < 1.29 is 24.0 Å². The van der Waals surface area contributed by atoms with E-state index in [4.69, 9.17) is 9.47 Å². The third kappa shape index (κ3) is 4.42. The third-order valence-corrected chi connectivity index (χ3v) is 4.69. The Morgan fingerprint density at radius 1 is 1.17 bits per heavy atom. The van der Waals surface area contributed by atoms with Crippen molar-refractivity contribution in [2.24, 2.45) is 5.92 Å². The van der Waals surface area contributed by atoms with Crippen LogP contribution in [0.3, 0.4) is 0 Å². The van der Waals surface area contributed by atoms with Gasteiger partial charge in [-0.2, -0.15) is 0 Å². The van der Waals surface area contributed by atoms with Gasteiger partial charge in [0.2, 0.25) is 0 Å². The molecule has 8 nitrogen and oxygen atoms in total. The minimum absolute atomic E-state index is 0.0985. The second-order valence-corrected chi connectivity index (χ2v) is 7.77. The average Bonchev–Trinajstić information content (AvgIpc) is 2.69. The van der Waals surface area contributed by atoms with Crippen LogP contribution < -0.4 is 9.64 Å². The van der Waals surface area contributed by atoms with E-state index < -0.39 is 17.0 Å². The molecule has 1 atom stereocenters. The molecule has 0 aromatic heterocycles. The molecule has 158 valence electrons. The first-order chi connectivity index (χ1) is 14.2. The number of non-ortho nitro benzene ring substituents is 1. The molecule has 1 unspecified atom stereocenters. The molecule has 0 bridgehead atoms. The monoisotopic (exact) mass is 412 g/mol. The van der Waals surface area contributed by atoms with Gasteiger partial charge in [0.1, 0.15) is 0 Å². The Bertz CT molecular complexity index is 968. The van der Waals surface area contributed by atoms with Crippen LogP contribution in [0.5, 0.6) is 5.75 Å². The lowest BCUT2D eigenvalue weighted by atomic mass is 10.0. The second kappa shape index (κ2) is 8.52. The number of nitro benzene ring substituents is 1. The van der Waals surface area contributed by atoms with Crippen LogP contribution in [0.15, 0.2) is 42.5 Å². The number of hydrogen-bond acceptors (Lipinski definition) is 6. The summed E-state index contributed by atoms with van der Waals surface area (Å²) in [6.07, 6.45) is -0.948. The van der Waals surface area contributed by atoms with E-state index in [1.807, 2.05) is 13.8 Å². The Labute approximate surface area is 174 Å². The first-order valence-electron chi connectivity index (χ1n) is 9.73. The molecule has 0 spiro atoms. The minimum Gasteiger partial charge on any atom is -0.478 e. The quantitative estimate of drug-likeness (QED) is 0.402. The van der Waals surface area contributed by atoms with E-state index in [2.05, 4.69) is 0 Å². The average molecular weight is 412 g/mol. The summed E-state index contributed by atoms with van der Waals surface area (Å²) in [5, 5.41) is 11.1. The van der Waals surface area contributed by atoms with Gasteiger partial charge in [-0.3, -0.25) is 14.9 Å². The number of anilines is 1. The molecule has 1 aliphatic heterocycles. The molecule has 0 radical (unpaired) electrons. The molecule has 1 heterocycles. The molecule has 0 fully saturated rings. The Kier molecular flexibility index (Phi) is 6.05. The lowest BCUT2D eigenvalue weighted by Crippen LogP contribution is -2.48. The number of esters is 1. The van der Waals surface area contributed by atoms with Gasteiger partial charge in [-0.25, -0.2) is 4.79 Å². The number of hydrogen-bond donors (Lipinski definition) is 0. The van der Waals surface area contributed by atoms with Crippen LogP contribution in [0.1, 0.15) is 43.6 Å². The predicted octanol–water partition coefficient (Wildman–Crippen LogP) is 4.11. The summed E-state index contributed by atoms with van der Waals surface area (Å²) < 4.78 is 11.0. The highest BCUT2D eigenvalue weighted by Crippen LogP contribution is 2.39. The summed E-state index contributed by atoms with van der Waals surface area (Å²) in [5.74, 6) is -0.425. The van der Waals surface area contributed by atoms with E-state index in [1.165, 1.54) is 18.2 Å². The van der Waals surface area contributed by atoms with Crippen molar-refractivity contribution in [2.75, 3.05) is 4.90 Å². The topological polar surface area (TPSA) is 99.0 Å². The highest BCUT2D eigenvalue weighted by atomic mass is 16.6. The van der Waals surface area contributed by atoms with Crippen molar-refractivity contribution in [2.45, 2.75) is 46.4 Å². The number of carbonyl (C=O) groups is 2. The van der Waals surface area contributed by atoms with Crippen LogP contribution in [-0.4, -0.2) is 29.0 Å². The molecule has 0 N–H and O–H groups in total. The van der Waals surface area contributed by atoms with Crippen molar-refractivity contribution in [1.82, 2.24) is 0 Å². The van der Waals surface area contributed by atoms with Gasteiger partial charge >= 0.3 is 5.97 Å². The minimum atomic E-state index is -0.736. The number of fused-ring (bicyclic) bond motifs is 1. The molecule has 0 saturated heterocycles. The number of benzene rings is 2. The van der Waals surface area contributed by atoms with E-state index in [9.17, 15) is 19.7 Å². The summed E-state index contributed by atoms with van der Waals surface area (Å²) in [6, 6.07) is 11.0. The largest absolute Gasteiger partial charge is 0.478 e. The molecular weight excluding hydrogens is 388 g/mol. The number of ether oxygens (including phenoxy) is 2. The van der Waals surface area contributed by atoms with Crippen LogP contribution in [0.25, 0.3) is 0 Å². The molecule has 3 rings (SSSR count). The molecule has 8 heteroatoms. The van der Waals surface area contributed by atoms with Gasteiger partial charge in [0, 0.05) is 6.07 Å². The van der Waals surface area contributed by atoms with Gasteiger partial charge < -0.3 is 14.4 Å². The van der Waals surface area contributed by atoms with Crippen molar-refractivity contribution in [1.29, 1.82) is 0 Å². The fourth-order valence-electron chi connectivity index (χ4n) is 3.19. The molecule has 30 heavy (non-hydrogen) atoms. The zero-order valence-electron chi connectivity index (χ0n) is 17.3. The molecule has 0 saturated carbocycles. The van der Waals surface area contributed by atoms with Crippen LogP contribution >= 0.6 is 0 Å². The summed E-state index contributed by atoms with van der Waals surface area (Å²) >= 11 is 0. The normalized spacial score (nSPS) is 15.7. The number of rotatable bonds is 6. The van der Waals surface area contributed by atoms with Crippen molar-refractivity contribution in [3.05, 3.63) is 63.7 Å². The molecular formula is C22H24N2O6. The Morgan fingerprint density at radius 2 is 1.83 bits per heavy atom. The summed E-state index contributed by atoms with van der Waals surface area (Å²) in [7, 11) is 0. The lowest BCUT2D eigenvalue weighted by molar-refractivity contribution is -0.384. The van der Waals surface area contributed by atoms with Gasteiger partial charge in [-0.15, -0.1) is 0 Å². The predicted molar refractivity (Wildman–Crippen MR) is 111 cm³/mol. The van der Waals surface area contributed by atoms with Gasteiger partial charge in [0.15, 0.2) is 11.9 Å². The SMILES string of the molecule is CC(C)OC(=O)c1ccc(CN2C(=O)C(C(C)C)Oc3cc([N+](=O)[O-])ccc32)cc1. The highest BCUT2D eigenvalue weighted by molar-refractivity contribution is 6.00. The second-order valence-electron chi connectivity index (χ2n) is 7.77. The Hall–Kier alpha value is -3.42. The zero-order valence-corrected chi connectivity index (χ0v) is 17.3. The van der Waals surface area contributed by atoms with Gasteiger partial charge in [-0.05, 0) is 43.5 Å². The third-order valence-electron chi connectivity index (χ3n) is 4.69. The van der Waals surface area contributed by atoms with E-state index in [1.54, 1.807) is 43.0 Å². The maximum absolute atomic E-state index is 13.0. The van der Waals surface area contributed by atoms with Crippen LogP contribution in [0.4, 0.5) is 11.4 Å². The van der Waals surface area contributed by atoms with Crippen molar-refractivity contribution >= 4 is 23.3 Å². The van der Waals surface area contributed by atoms with E-state index in [-0.39, 0.29) is 30.2 Å². The van der Waals surface area contributed by atoms with E-state index >= 15 is 0 Å². The summed E-state index contributed by atoms with van der Waals surface area (Å²) in [5.41, 5.74) is 1.61. The Morgan fingerprint density at radius 3 is 2.40 bits per heavy atom. The smallest absolute Gasteiger partial charge is 0.338 e. The van der Waals surface area contributed by atoms with E-state index in [0.717, 1.165) is 5.56 Å². The van der Waals surface area contributed by atoms with Crippen molar-refractivity contribution in [3.63, 3.8) is 0 Å². The maximum atomic E-state index is 13.0. The van der Waals surface area contributed by atoms with Crippen LogP contribution in [0.2, 0.25) is 0 Å².